The fourth-order valence-electron chi connectivity index (χ4n) is 1.71. The predicted molar refractivity (Wildman–Crippen MR) is 90.9 cm³/mol. The van der Waals surface area contributed by atoms with E-state index in [2.05, 4.69) is 10.0 Å². The van der Waals surface area contributed by atoms with Gasteiger partial charge in [-0.25, -0.2) is 13.2 Å². The lowest BCUT2D eigenvalue weighted by molar-refractivity contribution is -0.155. The molecule has 1 unspecified atom stereocenters. The summed E-state index contributed by atoms with van der Waals surface area (Å²) in [5, 5.41) is 4.11. The number of rotatable bonds is 7. The lowest BCUT2D eigenvalue weighted by atomic mass is 10.3. The van der Waals surface area contributed by atoms with Crippen molar-refractivity contribution in [3.8, 4) is 5.75 Å². The molecule has 0 saturated heterocycles. The molecule has 1 aromatic carbocycles. The molecule has 144 valence electrons. The van der Waals surface area contributed by atoms with Gasteiger partial charge in [-0.2, -0.15) is 4.72 Å². The second-order valence-electron chi connectivity index (χ2n) is 5.17. The molecule has 0 bridgehead atoms. The molecule has 10 nitrogen and oxygen atoms in total. The third-order valence-electron chi connectivity index (χ3n) is 3.18. The smallest absolute Gasteiger partial charge is 0.324 e. The average molecular weight is 387 g/mol. The molecule has 1 aromatic rings. The number of imide groups is 1. The van der Waals surface area contributed by atoms with Crippen molar-refractivity contribution >= 4 is 27.9 Å². The summed E-state index contributed by atoms with van der Waals surface area (Å²) in [4.78, 5) is 34.6. The van der Waals surface area contributed by atoms with Crippen molar-refractivity contribution in [3.63, 3.8) is 0 Å². The molecule has 0 heterocycles. The molecule has 0 aromatic heterocycles. The van der Waals surface area contributed by atoms with E-state index >= 15 is 0 Å². The minimum Gasteiger partial charge on any atom is -0.497 e. The Labute approximate surface area is 151 Å². The van der Waals surface area contributed by atoms with Crippen LogP contribution in [0.5, 0.6) is 5.75 Å². The van der Waals surface area contributed by atoms with Crippen molar-refractivity contribution in [2.75, 3.05) is 14.2 Å². The molecule has 0 aliphatic carbocycles. The largest absolute Gasteiger partial charge is 0.497 e. The van der Waals surface area contributed by atoms with Crippen LogP contribution in [0.2, 0.25) is 0 Å². The standard InChI is InChI=1S/C15H21N3O7S/c1-9(14(20)25-10(2)13(19)17-15(21)16-3)18-26(22,23)12-7-5-11(24-4)6-8-12/h5-10,18H,1-4H3,(H2,16,17,19,21)/t9-,10?/m0/s1. The van der Waals surface area contributed by atoms with Gasteiger partial charge >= 0.3 is 12.0 Å². The van der Waals surface area contributed by atoms with E-state index in [1.807, 2.05) is 5.32 Å². The number of nitrogens with one attached hydrogen (secondary N) is 3. The molecule has 11 heteroatoms. The molecule has 26 heavy (non-hydrogen) atoms. The van der Waals surface area contributed by atoms with Gasteiger partial charge in [0.15, 0.2) is 6.10 Å². The molecular formula is C15H21N3O7S. The summed E-state index contributed by atoms with van der Waals surface area (Å²) < 4.78 is 36.5. The Kier molecular flexibility index (Phi) is 7.53. The normalized spacial score (nSPS) is 13.2. The molecule has 0 spiro atoms. The summed E-state index contributed by atoms with van der Waals surface area (Å²) in [6.45, 7) is 2.52. The zero-order valence-electron chi connectivity index (χ0n) is 14.7. The quantitative estimate of drug-likeness (QED) is 0.548. The molecule has 3 N–H and O–H groups in total. The molecule has 3 amide bonds. The van der Waals surface area contributed by atoms with E-state index in [1.54, 1.807) is 0 Å². The number of amides is 3. The van der Waals surface area contributed by atoms with E-state index in [-0.39, 0.29) is 4.90 Å². The maximum Gasteiger partial charge on any atom is 0.324 e. The number of hydrogen-bond donors (Lipinski definition) is 3. The van der Waals surface area contributed by atoms with Crippen LogP contribution in [0.4, 0.5) is 4.79 Å². The molecule has 0 saturated carbocycles. The van der Waals surface area contributed by atoms with Crippen molar-refractivity contribution in [3.05, 3.63) is 24.3 Å². The number of ether oxygens (including phenoxy) is 2. The van der Waals surface area contributed by atoms with Crippen LogP contribution in [-0.4, -0.2) is 52.6 Å². The van der Waals surface area contributed by atoms with Gasteiger partial charge in [-0.3, -0.25) is 14.9 Å². The summed E-state index contributed by atoms with van der Waals surface area (Å²) >= 11 is 0. The van der Waals surface area contributed by atoms with Gasteiger partial charge < -0.3 is 14.8 Å². The van der Waals surface area contributed by atoms with Crippen LogP contribution < -0.4 is 20.1 Å². The number of sulfonamides is 1. The Morgan fingerprint density at radius 2 is 1.65 bits per heavy atom. The van der Waals surface area contributed by atoms with Gasteiger partial charge in [0, 0.05) is 7.05 Å². The first-order chi connectivity index (χ1) is 12.1. The maximum atomic E-state index is 12.3. The van der Waals surface area contributed by atoms with Crippen LogP contribution in [0.1, 0.15) is 13.8 Å². The van der Waals surface area contributed by atoms with E-state index in [1.165, 1.54) is 52.3 Å². The number of methoxy groups -OCH3 is 1. The van der Waals surface area contributed by atoms with Crippen LogP contribution in [0.15, 0.2) is 29.2 Å². The van der Waals surface area contributed by atoms with Gasteiger partial charge in [-0.1, -0.05) is 0 Å². The Hall–Kier alpha value is -2.66. The zero-order valence-corrected chi connectivity index (χ0v) is 15.5. The first-order valence-corrected chi connectivity index (χ1v) is 8.98. The fourth-order valence-corrected chi connectivity index (χ4v) is 2.90. The van der Waals surface area contributed by atoms with Crippen LogP contribution in [-0.2, 0) is 24.3 Å². The average Bonchev–Trinajstić information content (AvgIpc) is 2.60. The van der Waals surface area contributed by atoms with Crippen molar-refractivity contribution in [2.24, 2.45) is 0 Å². The number of urea groups is 1. The van der Waals surface area contributed by atoms with Gasteiger partial charge in [-0.05, 0) is 38.1 Å². The minimum atomic E-state index is -3.98. The Morgan fingerprint density at radius 3 is 2.15 bits per heavy atom. The Balaban J connectivity index is 2.70. The van der Waals surface area contributed by atoms with Gasteiger partial charge in [0.25, 0.3) is 5.91 Å². The van der Waals surface area contributed by atoms with Crippen LogP contribution in [0, 0.1) is 0 Å². The first-order valence-electron chi connectivity index (χ1n) is 7.50. The predicted octanol–water partition coefficient (Wildman–Crippen LogP) is -0.251. The number of hydrogen-bond acceptors (Lipinski definition) is 7. The number of esters is 1. The highest BCUT2D eigenvalue weighted by atomic mass is 32.2. The van der Waals surface area contributed by atoms with E-state index < -0.39 is 40.1 Å². The second-order valence-corrected chi connectivity index (χ2v) is 6.88. The van der Waals surface area contributed by atoms with Crippen molar-refractivity contribution in [1.29, 1.82) is 0 Å². The maximum absolute atomic E-state index is 12.3. The van der Waals surface area contributed by atoms with Crippen molar-refractivity contribution in [2.45, 2.75) is 30.9 Å². The molecule has 0 aliphatic rings. The van der Waals surface area contributed by atoms with E-state index in [9.17, 15) is 22.8 Å². The van der Waals surface area contributed by atoms with Crippen molar-refractivity contribution in [1.82, 2.24) is 15.4 Å². The lowest BCUT2D eigenvalue weighted by Crippen LogP contribution is -2.46. The molecule has 1 rings (SSSR count). The number of carbonyl (C=O) groups is 3. The van der Waals surface area contributed by atoms with Gasteiger partial charge in [0.05, 0.1) is 12.0 Å². The second kappa shape index (κ2) is 9.15. The molecule has 2 atom stereocenters. The molecule has 0 aliphatic heterocycles. The van der Waals surface area contributed by atoms with Crippen LogP contribution in [0.3, 0.4) is 0 Å². The Morgan fingerprint density at radius 1 is 1.08 bits per heavy atom. The fraction of sp³-hybridized carbons (Fsp3) is 0.400. The van der Waals surface area contributed by atoms with E-state index in [0.29, 0.717) is 5.75 Å². The summed E-state index contributed by atoms with van der Waals surface area (Å²) in [5.74, 6) is -1.34. The van der Waals surface area contributed by atoms with Crippen LogP contribution >= 0.6 is 0 Å². The molecule has 0 fully saturated rings. The minimum absolute atomic E-state index is 0.0663. The van der Waals surface area contributed by atoms with Gasteiger partial charge in [-0.15, -0.1) is 0 Å². The summed E-state index contributed by atoms with van der Waals surface area (Å²) in [7, 11) is -1.22. The highest BCUT2D eigenvalue weighted by molar-refractivity contribution is 7.89. The number of carbonyl (C=O) groups excluding carboxylic acids is 3. The third-order valence-corrected chi connectivity index (χ3v) is 4.74. The van der Waals surface area contributed by atoms with Crippen molar-refractivity contribution < 1.29 is 32.3 Å². The SMILES string of the molecule is CNC(=O)NC(=O)C(C)OC(=O)[C@H](C)NS(=O)(=O)c1ccc(OC)cc1. The first kappa shape index (κ1) is 21.4. The molecule has 0 radical (unpaired) electrons. The van der Waals surface area contributed by atoms with E-state index in [0.717, 1.165) is 0 Å². The molecular weight excluding hydrogens is 366 g/mol. The monoisotopic (exact) mass is 387 g/mol. The summed E-state index contributed by atoms with van der Waals surface area (Å²) in [6.07, 6.45) is -1.28. The third kappa shape index (κ3) is 6.01. The van der Waals surface area contributed by atoms with Gasteiger partial charge in [0.2, 0.25) is 10.0 Å². The highest BCUT2D eigenvalue weighted by Gasteiger charge is 2.26. The lowest BCUT2D eigenvalue weighted by Gasteiger charge is -2.17. The Bertz CT molecular complexity index is 762. The van der Waals surface area contributed by atoms with E-state index in [4.69, 9.17) is 9.47 Å². The zero-order chi connectivity index (χ0) is 19.9. The van der Waals surface area contributed by atoms with Crippen LogP contribution in [0.25, 0.3) is 0 Å². The topological polar surface area (TPSA) is 140 Å². The highest BCUT2D eigenvalue weighted by Crippen LogP contribution is 2.15. The number of benzene rings is 1. The summed E-state index contributed by atoms with van der Waals surface area (Å²) in [6, 6.07) is 3.55. The summed E-state index contributed by atoms with van der Waals surface area (Å²) in [5.41, 5.74) is 0. The van der Waals surface area contributed by atoms with Gasteiger partial charge in [0.1, 0.15) is 11.8 Å².